The molecule has 2 aromatic carbocycles. The molecule has 5 heteroatoms. The summed E-state index contributed by atoms with van der Waals surface area (Å²) in [7, 11) is 0. The molecule has 1 atom stereocenters. The van der Waals surface area contributed by atoms with E-state index in [0.717, 1.165) is 41.5 Å². The quantitative estimate of drug-likeness (QED) is 0.613. The summed E-state index contributed by atoms with van der Waals surface area (Å²) < 4.78 is 8.15. The Hall–Kier alpha value is -1.88. The van der Waals surface area contributed by atoms with Gasteiger partial charge in [-0.2, -0.15) is 0 Å². The van der Waals surface area contributed by atoms with Crippen molar-refractivity contribution in [1.82, 2.24) is 4.57 Å². The highest BCUT2D eigenvalue weighted by Crippen LogP contribution is 2.23. The molecule has 0 amide bonds. The predicted molar refractivity (Wildman–Crippen MR) is 103 cm³/mol. The Bertz CT molecular complexity index is 893. The maximum atomic E-state index is 5.98. The minimum Gasteiger partial charge on any atom is -0.376 e. The van der Waals surface area contributed by atoms with Gasteiger partial charge in [0.25, 0.3) is 0 Å². The maximum absolute atomic E-state index is 5.98. The first kappa shape index (κ1) is 16.6. The van der Waals surface area contributed by atoms with E-state index in [0.29, 0.717) is 0 Å². The first-order valence-electron chi connectivity index (χ1n) is 8.45. The second-order valence-corrected chi connectivity index (χ2v) is 7.38. The van der Waals surface area contributed by atoms with Crippen LogP contribution in [0.5, 0.6) is 0 Å². The lowest BCUT2D eigenvalue weighted by molar-refractivity contribution is 0.0968. The van der Waals surface area contributed by atoms with E-state index in [9.17, 15) is 0 Å². The molecule has 4 rings (SSSR count). The Labute approximate surface area is 156 Å². The largest absolute Gasteiger partial charge is 0.376 e. The number of hydrogen-bond donors (Lipinski definition) is 0. The van der Waals surface area contributed by atoms with Gasteiger partial charge < -0.3 is 9.30 Å². The molecule has 0 N–H and O–H groups in total. The van der Waals surface area contributed by atoms with Crippen LogP contribution in [0.15, 0.2) is 65.0 Å². The number of thiazole rings is 1. The highest BCUT2D eigenvalue weighted by molar-refractivity contribution is 7.07. The average molecular weight is 371 g/mol. The fourth-order valence-corrected chi connectivity index (χ4v) is 4.12. The first-order valence-corrected chi connectivity index (χ1v) is 9.71. The molecular formula is C20H19ClN2OS. The number of aromatic nitrogens is 1. The van der Waals surface area contributed by atoms with Crippen LogP contribution in [0.1, 0.15) is 12.8 Å². The van der Waals surface area contributed by atoms with E-state index >= 15 is 0 Å². The lowest BCUT2D eigenvalue weighted by atomic mass is 10.1. The smallest absolute Gasteiger partial charge is 0.190 e. The van der Waals surface area contributed by atoms with Crippen LogP contribution in [0.2, 0.25) is 5.02 Å². The van der Waals surface area contributed by atoms with Crippen LogP contribution in [-0.2, 0) is 11.3 Å². The number of hydrogen-bond acceptors (Lipinski definition) is 3. The number of halogens is 1. The second kappa shape index (κ2) is 7.56. The van der Waals surface area contributed by atoms with Crippen molar-refractivity contribution in [2.45, 2.75) is 25.5 Å². The number of rotatable bonds is 4. The van der Waals surface area contributed by atoms with Crippen LogP contribution in [-0.4, -0.2) is 17.3 Å². The predicted octanol–water partition coefficient (Wildman–Crippen LogP) is 5.28. The molecule has 1 aliphatic heterocycles. The van der Waals surface area contributed by atoms with Crippen LogP contribution in [0, 0.1) is 0 Å². The van der Waals surface area contributed by atoms with Gasteiger partial charge in [0.1, 0.15) is 0 Å². The van der Waals surface area contributed by atoms with Crippen LogP contribution >= 0.6 is 22.9 Å². The topological polar surface area (TPSA) is 26.5 Å². The zero-order valence-electron chi connectivity index (χ0n) is 13.8. The zero-order chi connectivity index (χ0) is 17.1. The van der Waals surface area contributed by atoms with E-state index in [-0.39, 0.29) is 6.10 Å². The van der Waals surface area contributed by atoms with Crippen LogP contribution < -0.4 is 4.80 Å². The van der Waals surface area contributed by atoms with Gasteiger partial charge in [0, 0.05) is 17.0 Å². The summed E-state index contributed by atoms with van der Waals surface area (Å²) >= 11 is 7.64. The van der Waals surface area contributed by atoms with Gasteiger partial charge in [-0.3, -0.25) is 0 Å². The maximum Gasteiger partial charge on any atom is 0.190 e. The summed E-state index contributed by atoms with van der Waals surface area (Å²) in [4.78, 5) is 5.82. The van der Waals surface area contributed by atoms with Gasteiger partial charge in [-0.25, -0.2) is 4.99 Å². The summed E-state index contributed by atoms with van der Waals surface area (Å²) in [6, 6.07) is 18.1. The van der Waals surface area contributed by atoms with E-state index < -0.39 is 0 Å². The molecule has 1 aromatic heterocycles. The van der Waals surface area contributed by atoms with Gasteiger partial charge in [-0.15, -0.1) is 11.3 Å². The van der Waals surface area contributed by atoms with Crippen molar-refractivity contribution in [3.63, 3.8) is 0 Å². The molecule has 2 heterocycles. The SMILES string of the molecule is Clc1ccc(N=c2scc(-c3ccccc3)n2CC2CCCO2)cc1. The van der Waals surface area contributed by atoms with Crippen LogP contribution in [0.3, 0.4) is 0 Å². The van der Waals surface area contributed by atoms with Crippen molar-refractivity contribution in [2.24, 2.45) is 4.99 Å². The highest BCUT2D eigenvalue weighted by Gasteiger charge is 2.18. The molecule has 0 spiro atoms. The van der Waals surface area contributed by atoms with Crippen molar-refractivity contribution >= 4 is 28.6 Å². The van der Waals surface area contributed by atoms with Gasteiger partial charge in [-0.05, 0) is 42.7 Å². The Kier molecular flexibility index (Phi) is 5.02. The van der Waals surface area contributed by atoms with Crippen molar-refractivity contribution in [2.75, 3.05) is 6.61 Å². The van der Waals surface area contributed by atoms with E-state index in [1.807, 2.05) is 30.3 Å². The van der Waals surface area contributed by atoms with E-state index in [1.54, 1.807) is 11.3 Å². The molecule has 3 nitrogen and oxygen atoms in total. The monoisotopic (exact) mass is 370 g/mol. The van der Waals surface area contributed by atoms with E-state index in [1.165, 1.54) is 11.3 Å². The highest BCUT2D eigenvalue weighted by atomic mass is 35.5. The Morgan fingerprint density at radius 1 is 1.12 bits per heavy atom. The van der Waals surface area contributed by atoms with E-state index in [4.69, 9.17) is 21.3 Å². The fourth-order valence-electron chi connectivity index (χ4n) is 3.05. The summed E-state index contributed by atoms with van der Waals surface area (Å²) in [5, 5.41) is 2.90. The van der Waals surface area contributed by atoms with Gasteiger partial charge in [0.05, 0.1) is 24.0 Å². The molecular weight excluding hydrogens is 352 g/mol. The third-order valence-electron chi connectivity index (χ3n) is 4.33. The van der Waals surface area contributed by atoms with Crippen LogP contribution in [0.25, 0.3) is 11.3 Å². The summed E-state index contributed by atoms with van der Waals surface area (Å²) in [6.07, 6.45) is 2.51. The van der Waals surface area contributed by atoms with Crippen molar-refractivity contribution < 1.29 is 4.74 Å². The summed E-state index contributed by atoms with van der Waals surface area (Å²) in [6.45, 7) is 1.69. The third-order valence-corrected chi connectivity index (χ3v) is 5.44. The van der Waals surface area contributed by atoms with E-state index in [2.05, 4.69) is 34.2 Å². The van der Waals surface area contributed by atoms with Gasteiger partial charge >= 0.3 is 0 Å². The molecule has 3 aromatic rings. The third kappa shape index (κ3) is 3.87. The van der Waals surface area contributed by atoms with Gasteiger partial charge in [0.15, 0.2) is 4.80 Å². The number of nitrogens with zero attached hydrogens (tertiary/aromatic N) is 2. The standard InChI is InChI=1S/C20H19ClN2OS/c21-16-8-10-17(11-9-16)22-20-23(13-18-7-4-12-24-18)19(14-25-20)15-5-2-1-3-6-15/h1-3,5-6,8-11,14,18H,4,7,12-13H2. The molecule has 0 radical (unpaired) electrons. The van der Waals surface area contributed by atoms with Crippen molar-refractivity contribution in [3.8, 4) is 11.3 Å². The van der Waals surface area contributed by atoms with Gasteiger partial charge in [-0.1, -0.05) is 41.9 Å². The Morgan fingerprint density at radius 2 is 1.92 bits per heavy atom. The molecule has 25 heavy (non-hydrogen) atoms. The minimum absolute atomic E-state index is 0.265. The molecule has 0 aliphatic carbocycles. The lowest BCUT2D eigenvalue weighted by Crippen LogP contribution is -2.23. The van der Waals surface area contributed by atoms with Crippen molar-refractivity contribution in [3.05, 3.63) is 69.8 Å². The molecule has 1 aliphatic rings. The zero-order valence-corrected chi connectivity index (χ0v) is 15.3. The number of benzene rings is 2. The fraction of sp³-hybridized carbons (Fsp3) is 0.250. The van der Waals surface area contributed by atoms with Crippen LogP contribution in [0.4, 0.5) is 5.69 Å². The second-order valence-electron chi connectivity index (χ2n) is 6.10. The molecule has 0 saturated carbocycles. The minimum atomic E-state index is 0.265. The Morgan fingerprint density at radius 3 is 2.64 bits per heavy atom. The average Bonchev–Trinajstić information content (AvgIpc) is 3.29. The number of ether oxygens (including phenoxy) is 1. The molecule has 1 fully saturated rings. The Balaban J connectivity index is 1.77. The first-order chi connectivity index (χ1) is 12.3. The normalized spacial score (nSPS) is 18.0. The molecule has 0 bridgehead atoms. The summed E-state index contributed by atoms with van der Waals surface area (Å²) in [5.41, 5.74) is 3.30. The lowest BCUT2D eigenvalue weighted by Gasteiger charge is -2.14. The molecule has 128 valence electrons. The van der Waals surface area contributed by atoms with Crippen molar-refractivity contribution in [1.29, 1.82) is 0 Å². The van der Waals surface area contributed by atoms with Gasteiger partial charge in [0.2, 0.25) is 0 Å². The summed E-state index contributed by atoms with van der Waals surface area (Å²) in [5.74, 6) is 0. The molecule has 1 saturated heterocycles. The molecule has 1 unspecified atom stereocenters.